The van der Waals surface area contributed by atoms with Gasteiger partial charge in [0.25, 0.3) is 0 Å². The molecule has 0 saturated carbocycles. The zero-order chi connectivity index (χ0) is 27.2. The van der Waals surface area contributed by atoms with E-state index < -0.39 is 0 Å². The quantitative estimate of drug-likeness (QED) is 0.327. The molecule has 3 aliphatic rings. The molecule has 202 valence electrons. The van der Waals surface area contributed by atoms with Crippen LogP contribution in [-0.4, -0.2) is 48.1 Å². The Bertz CT molecular complexity index is 1310. The van der Waals surface area contributed by atoms with E-state index in [4.69, 9.17) is 5.10 Å². The summed E-state index contributed by atoms with van der Waals surface area (Å²) in [7, 11) is 0. The Balaban J connectivity index is 1.46. The Hall–Kier alpha value is -3.99. The van der Waals surface area contributed by atoms with Gasteiger partial charge in [-0.25, -0.2) is 0 Å². The monoisotopic (exact) mass is 519 g/mol. The van der Waals surface area contributed by atoms with Crippen molar-refractivity contribution in [2.45, 2.75) is 46.2 Å². The largest absolute Gasteiger partial charge is 0.372 e. The molecule has 0 N–H and O–H groups in total. The summed E-state index contributed by atoms with van der Waals surface area (Å²) >= 11 is 0. The lowest BCUT2D eigenvalue weighted by atomic mass is 9.97. The molecule has 2 aliphatic heterocycles. The van der Waals surface area contributed by atoms with E-state index in [2.05, 4.69) is 151 Å². The van der Waals surface area contributed by atoms with Gasteiger partial charge >= 0.3 is 0 Å². The van der Waals surface area contributed by atoms with E-state index in [-0.39, 0.29) is 12.1 Å². The molecule has 0 amide bonds. The van der Waals surface area contributed by atoms with Gasteiger partial charge in [-0.1, -0.05) is 66.8 Å². The highest BCUT2D eigenvalue weighted by atomic mass is 15.8. The second kappa shape index (κ2) is 12.2. The molecule has 0 aromatic heterocycles. The number of hydrazone groups is 1. The summed E-state index contributed by atoms with van der Waals surface area (Å²) in [5.74, 6) is 0. The van der Waals surface area contributed by atoms with Crippen LogP contribution in [0, 0.1) is 0 Å². The zero-order valence-corrected chi connectivity index (χ0v) is 23.7. The second-order valence-electron chi connectivity index (χ2n) is 10.0. The normalized spacial score (nSPS) is 19.9. The van der Waals surface area contributed by atoms with E-state index in [9.17, 15) is 0 Å². The first-order chi connectivity index (χ1) is 19.2. The number of allylic oxidation sites excluding steroid dienone is 5. The summed E-state index contributed by atoms with van der Waals surface area (Å²) in [6.45, 7) is 12.8. The summed E-state index contributed by atoms with van der Waals surface area (Å²) in [6, 6.07) is 17.9. The number of hydrogen-bond donors (Lipinski definition) is 0. The van der Waals surface area contributed by atoms with Crippen molar-refractivity contribution in [3.05, 3.63) is 114 Å². The van der Waals surface area contributed by atoms with Gasteiger partial charge in [0, 0.05) is 55.7 Å². The molecule has 2 atom stereocenters. The molecule has 2 aromatic carbocycles. The van der Waals surface area contributed by atoms with Gasteiger partial charge in [0.15, 0.2) is 0 Å². The van der Waals surface area contributed by atoms with Crippen LogP contribution in [0.2, 0.25) is 0 Å². The van der Waals surface area contributed by atoms with Crippen LogP contribution >= 0.6 is 0 Å². The highest BCUT2D eigenvalue weighted by Crippen LogP contribution is 2.40. The zero-order valence-electron chi connectivity index (χ0n) is 23.7. The molecule has 2 heterocycles. The Labute approximate surface area is 234 Å². The van der Waals surface area contributed by atoms with Gasteiger partial charge in [0.2, 0.25) is 0 Å². The van der Waals surface area contributed by atoms with E-state index in [0.29, 0.717) is 0 Å². The van der Waals surface area contributed by atoms with Gasteiger partial charge in [0.05, 0.1) is 11.8 Å². The summed E-state index contributed by atoms with van der Waals surface area (Å²) < 4.78 is 0. The number of anilines is 2. The lowest BCUT2D eigenvalue weighted by Crippen LogP contribution is -2.44. The standard InChI is InChI=1S/C34H41N5/c1-5-36(6-2)30-23-20-27(21-24-30)19-22-29-26-34(31-16-10-12-18-33(31)37(7-3)8-4)39(35-29)38-25-13-15-28-14-9-11-17-32(28)38/h9-25,32,34H,5-8,26H2,1-4H3. The average Bonchev–Trinajstić information content (AvgIpc) is 3.42. The van der Waals surface area contributed by atoms with E-state index in [1.54, 1.807) is 0 Å². The SMILES string of the molecule is CCN(CC)c1ccc(C=CC2=NN(N3C=CC=C4C=CC=CC43)C(c3ccccc3N(CC)CC)C2)cc1. The van der Waals surface area contributed by atoms with Gasteiger partial charge in [-0.2, -0.15) is 10.2 Å². The van der Waals surface area contributed by atoms with E-state index in [0.717, 1.165) is 38.3 Å². The molecule has 0 saturated heterocycles. The molecule has 0 bridgehead atoms. The Morgan fingerprint density at radius 1 is 0.846 bits per heavy atom. The lowest BCUT2D eigenvalue weighted by molar-refractivity contribution is -0.0187. The lowest BCUT2D eigenvalue weighted by Gasteiger charge is -2.41. The van der Waals surface area contributed by atoms with Crippen LogP contribution in [0.3, 0.4) is 0 Å². The van der Waals surface area contributed by atoms with Crippen molar-refractivity contribution < 1.29 is 0 Å². The fourth-order valence-corrected chi connectivity index (χ4v) is 5.74. The first-order valence-electron chi connectivity index (χ1n) is 14.4. The van der Waals surface area contributed by atoms with Gasteiger partial charge in [0.1, 0.15) is 6.04 Å². The maximum atomic E-state index is 5.23. The van der Waals surface area contributed by atoms with Crippen LogP contribution in [0.5, 0.6) is 0 Å². The molecule has 39 heavy (non-hydrogen) atoms. The molecule has 5 heteroatoms. The first kappa shape index (κ1) is 26.6. The van der Waals surface area contributed by atoms with Crippen LogP contribution in [0.1, 0.15) is 51.3 Å². The minimum absolute atomic E-state index is 0.106. The average molecular weight is 520 g/mol. The van der Waals surface area contributed by atoms with Crippen molar-refractivity contribution in [3.63, 3.8) is 0 Å². The summed E-state index contributed by atoms with van der Waals surface area (Å²) in [4.78, 5) is 4.81. The van der Waals surface area contributed by atoms with Crippen molar-refractivity contribution in [2.75, 3.05) is 36.0 Å². The highest BCUT2D eigenvalue weighted by Gasteiger charge is 2.36. The van der Waals surface area contributed by atoms with Crippen molar-refractivity contribution in [1.82, 2.24) is 10.1 Å². The Kier molecular flexibility index (Phi) is 8.36. The molecule has 0 fully saturated rings. The number of para-hydroxylation sites is 1. The molecular formula is C34H41N5. The van der Waals surface area contributed by atoms with Crippen molar-refractivity contribution in [1.29, 1.82) is 0 Å². The van der Waals surface area contributed by atoms with Crippen LogP contribution in [-0.2, 0) is 0 Å². The van der Waals surface area contributed by atoms with E-state index >= 15 is 0 Å². The molecule has 5 rings (SSSR count). The maximum absolute atomic E-state index is 5.23. The number of hydrazine groups is 1. The second-order valence-corrected chi connectivity index (χ2v) is 10.0. The number of benzene rings is 2. The Morgan fingerprint density at radius 2 is 1.59 bits per heavy atom. The molecule has 2 aromatic rings. The number of rotatable bonds is 10. The number of hydrogen-bond acceptors (Lipinski definition) is 5. The molecule has 0 spiro atoms. The fraction of sp³-hybridized carbons (Fsp3) is 0.324. The van der Waals surface area contributed by atoms with Gasteiger partial charge in [-0.15, -0.1) is 0 Å². The smallest absolute Gasteiger partial charge is 0.102 e. The van der Waals surface area contributed by atoms with Crippen LogP contribution in [0.25, 0.3) is 6.08 Å². The summed E-state index contributed by atoms with van der Waals surface area (Å²) in [6.07, 6.45) is 20.4. The molecular weight excluding hydrogens is 478 g/mol. The van der Waals surface area contributed by atoms with Crippen molar-refractivity contribution in [3.8, 4) is 0 Å². The predicted molar refractivity (Wildman–Crippen MR) is 167 cm³/mol. The third kappa shape index (κ3) is 5.58. The van der Waals surface area contributed by atoms with Crippen molar-refractivity contribution in [2.24, 2.45) is 5.10 Å². The van der Waals surface area contributed by atoms with Gasteiger partial charge in [-0.05, 0) is 69.2 Å². The first-order valence-corrected chi connectivity index (χ1v) is 14.4. The van der Waals surface area contributed by atoms with E-state index in [1.165, 1.54) is 28.1 Å². The minimum atomic E-state index is 0.106. The highest BCUT2D eigenvalue weighted by molar-refractivity contribution is 5.99. The van der Waals surface area contributed by atoms with Crippen LogP contribution < -0.4 is 9.80 Å². The third-order valence-electron chi connectivity index (χ3n) is 7.89. The van der Waals surface area contributed by atoms with E-state index in [1.807, 2.05) is 0 Å². The maximum Gasteiger partial charge on any atom is 0.102 e. The van der Waals surface area contributed by atoms with Gasteiger partial charge in [-0.3, -0.25) is 5.01 Å². The molecule has 1 aliphatic carbocycles. The number of fused-ring (bicyclic) bond motifs is 1. The Morgan fingerprint density at radius 3 is 2.33 bits per heavy atom. The third-order valence-corrected chi connectivity index (χ3v) is 7.89. The van der Waals surface area contributed by atoms with Crippen molar-refractivity contribution >= 4 is 23.2 Å². The predicted octanol–water partition coefficient (Wildman–Crippen LogP) is 7.36. The molecule has 2 unspecified atom stereocenters. The minimum Gasteiger partial charge on any atom is -0.372 e. The van der Waals surface area contributed by atoms with Crippen LogP contribution in [0.4, 0.5) is 11.4 Å². The topological polar surface area (TPSA) is 25.3 Å². The summed E-state index contributed by atoms with van der Waals surface area (Å²) in [5, 5.41) is 9.73. The number of nitrogens with zero attached hydrogens (tertiary/aromatic N) is 5. The molecule has 5 nitrogen and oxygen atoms in total. The van der Waals surface area contributed by atoms with Gasteiger partial charge < -0.3 is 9.80 Å². The fourth-order valence-electron chi connectivity index (χ4n) is 5.74. The summed E-state index contributed by atoms with van der Waals surface area (Å²) in [5.41, 5.74) is 7.43. The molecule has 0 radical (unpaired) electrons. The van der Waals surface area contributed by atoms with Crippen LogP contribution in [0.15, 0.2) is 108 Å².